The van der Waals surface area contributed by atoms with E-state index in [-0.39, 0.29) is 32.0 Å². The number of hydrogen-bond acceptors (Lipinski definition) is 10. The fraction of sp³-hybridized carbons (Fsp3) is 0.860. The summed E-state index contributed by atoms with van der Waals surface area (Å²) >= 11 is 0. The van der Waals surface area contributed by atoms with E-state index < -0.39 is 49.4 Å². The van der Waals surface area contributed by atoms with Crippen LogP contribution in [-0.4, -0.2) is 89.0 Å². The predicted octanol–water partition coefficient (Wildman–Crippen LogP) is 8.55. The molecule has 4 N–H and O–H groups in total. The second kappa shape index (κ2) is 34.7. The Kier molecular flexibility index (Phi) is 32.2. The molecule has 1 fully saturated rings. The van der Waals surface area contributed by atoms with Crippen molar-refractivity contribution < 1.29 is 49.0 Å². The number of rotatable bonds is 35. The first-order chi connectivity index (χ1) is 25.8. The van der Waals surface area contributed by atoms with E-state index in [9.17, 15) is 30.0 Å². The monoisotopic (exact) mass is 755 g/mol. The van der Waals surface area contributed by atoms with Gasteiger partial charge in [-0.1, -0.05) is 147 Å². The first-order valence-corrected chi connectivity index (χ1v) is 21.4. The van der Waals surface area contributed by atoms with E-state index in [4.69, 9.17) is 18.9 Å². The van der Waals surface area contributed by atoms with Gasteiger partial charge in [0, 0.05) is 12.8 Å². The van der Waals surface area contributed by atoms with Crippen LogP contribution in [0.15, 0.2) is 24.3 Å². The minimum atomic E-state index is -1.59. The standard InChI is InChI=1S/C43H78O10/c1-3-5-7-9-11-13-15-17-18-20-21-23-25-27-29-31-38(45)50-34-36(35-51-43-42(49)41(48)40(47)37(33-44)53-43)52-39(46)32-30-28-26-24-22-19-16-14-12-10-8-6-4-2/h11,13,17-18,36-37,40-44,47-49H,3-10,12,14-16,19-35H2,1-2H3/b13-11-,18-17-/t36?,37-,40+,41+,42-,43-/m1/s1. The molecular formula is C43H78O10. The number of allylic oxidation sites excluding steroid dienone is 4. The van der Waals surface area contributed by atoms with Gasteiger partial charge in [0.05, 0.1) is 13.2 Å². The number of carbonyl (C=O) groups is 2. The molecule has 0 bridgehead atoms. The van der Waals surface area contributed by atoms with E-state index in [0.29, 0.717) is 12.8 Å². The normalized spacial score (nSPS) is 21.1. The van der Waals surface area contributed by atoms with Gasteiger partial charge in [0.2, 0.25) is 0 Å². The van der Waals surface area contributed by atoms with Gasteiger partial charge in [-0.3, -0.25) is 9.59 Å². The lowest BCUT2D eigenvalue weighted by Crippen LogP contribution is -2.59. The molecule has 1 heterocycles. The maximum atomic E-state index is 12.7. The third-order valence-electron chi connectivity index (χ3n) is 9.84. The second-order valence-electron chi connectivity index (χ2n) is 14.8. The quantitative estimate of drug-likeness (QED) is 0.0281. The van der Waals surface area contributed by atoms with Gasteiger partial charge in [0.15, 0.2) is 12.4 Å². The zero-order valence-corrected chi connectivity index (χ0v) is 33.5. The fourth-order valence-corrected chi connectivity index (χ4v) is 6.39. The maximum absolute atomic E-state index is 12.7. The maximum Gasteiger partial charge on any atom is 0.306 e. The smallest absolute Gasteiger partial charge is 0.306 e. The zero-order valence-electron chi connectivity index (χ0n) is 33.5. The fourth-order valence-electron chi connectivity index (χ4n) is 6.39. The zero-order chi connectivity index (χ0) is 38.8. The van der Waals surface area contributed by atoms with E-state index in [0.717, 1.165) is 57.8 Å². The summed E-state index contributed by atoms with van der Waals surface area (Å²) in [5.74, 6) is -0.818. The van der Waals surface area contributed by atoms with Gasteiger partial charge in [-0.15, -0.1) is 0 Å². The Labute approximate surface area is 322 Å². The van der Waals surface area contributed by atoms with Crippen molar-refractivity contribution in [1.29, 1.82) is 0 Å². The molecule has 0 aromatic heterocycles. The van der Waals surface area contributed by atoms with Crippen molar-refractivity contribution in [2.45, 2.75) is 218 Å². The van der Waals surface area contributed by atoms with Gasteiger partial charge >= 0.3 is 11.9 Å². The number of aliphatic hydroxyl groups excluding tert-OH is 4. The van der Waals surface area contributed by atoms with E-state index in [1.807, 2.05) is 0 Å². The highest BCUT2D eigenvalue weighted by molar-refractivity contribution is 5.70. The average Bonchev–Trinajstić information content (AvgIpc) is 3.15. The third kappa shape index (κ3) is 26.6. The first-order valence-electron chi connectivity index (χ1n) is 21.4. The number of carbonyl (C=O) groups excluding carboxylic acids is 2. The van der Waals surface area contributed by atoms with Gasteiger partial charge < -0.3 is 39.4 Å². The van der Waals surface area contributed by atoms with Crippen LogP contribution in [0, 0.1) is 0 Å². The molecule has 1 aliphatic rings. The van der Waals surface area contributed by atoms with Crippen molar-refractivity contribution >= 4 is 11.9 Å². The molecular weight excluding hydrogens is 676 g/mol. The first kappa shape index (κ1) is 49.2. The molecule has 10 heteroatoms. The molecule has 0 saturated carbocycles. The molecule has 0 aliphatic carbocycles. The van der Waals surface area contributed by atoms with E-state index in [2.05, 4.69) is 38.2 Å². The van der Waals surface area contributed by atoms with Crippen molar-refractivity contribution in [3.63, 3.8) is 0 Å². The number of esters is 2. The molecule has 0 aromatic carbocycles. The molecule has 0 spiro atoms. The van der Waals surface area contributed by atoms with Crippen LogP contribution in [-0.2, 0) is 28.5 Å². The highest BCUT2D eigenvalue weighted by atomic mass is 16.7. The second-order valence-corrected chi connectivity index (χ2v) is 14.8. The number of unbranched alkanes of at least 4 members (excludes halogenated alkanes) is 20. The van der Waals surface area contributed by atoms with Gasteiger partial charge in [-0.25, -0.2) is 0 Å². The van der Waals surface area contributed by atoms with Crippen LogP contribution in [0.25, 0.3) is 0 Å². The summed E-state index contributed by atoms with van der Waals surface area (Å²) in [5, 5.41) is 40.0. The van der Waals surface area contributed by atoms with Crippen molar-refractivity contribution in [2.75, 3.05) is 19.8 Å². The average molecular weight is 755 g/mol. The molecule has 1 rings (SSSR count). The lowest BCUT2D eigenvalue weighted by atomic mass is 9.99. The Bertz CT molecular complexity index is 923. The van der Waals surface area contributed by atoms with E-state index in [1.165, 1.54) is 83.5 Å². The predicted molar refractivity (Wildman–Crippen MR) is 210 cm³/mol. The molecule has 0 aromatic rings. The molecule has 6 atom stereocenters. The Hall–Kier alpha value is -1.82. The van der Waals surface area contributed by atoms with Crippen LogP contribution in [0.4, 0.5) is 0 Å². The summed E-state index contributed by atoms with van der Waals surface area (Å²) in [4.78, 5) is 25.2. The van der Waals surface area contributed by atoms with E-state index >= 15 is 0 Å². The summed E-state index contributed by atoms with van der Waals surface area (Å²) in [6, 6.07) is 0. The highest BCUT2D eigenvalue weighted by Crippen LogP contribution is 2.22. The van der Waals surface area contributed by atoms with Crippen LogP contribution >= 0.6 is 0 Å². The van der Waals surface area contributed by atoms with Crippen LogP contribution in [0.3, 0.4) is 0 Å². The third-order valence-corrected chi connectivity index (χ3v) is 9.84. The Morgan fingerprint density at radius 2 is 1.06 bits per heavy atom. The topological polar surface area (TPSA) is 152 Å². The van der Waals surface area contributed by atoms with Gasteiger partial charge in [0.1, 0.15) is 31.0 Å². The van der Waals surface area contributed by atoms with Gasteiger partial charge in [0.25, 0.3) is 0 Å². The molecule has 53 heavy (non-hydrogen) atoms. The molecule has 0 radical (unpaired) electrons. The molecule has 1 aliphatic heterocycles. The van der Waals surface area contributed by atoms with Gasteiger partial charge in [-0.05, 0) is 44.9 Å². The van der Waals surface area contributed by atoms with Crippen LogP contribution < -0.4 is 0 Å². The number of aliphatic hydroxyl groups is 4. The Morgan fingerprint density at radius 1 is 0.585 bits per heavy atom. The van der Waals surface area contributed by atoms with Crippen molar-refractivity contribution in [3.05, 3.63) is 24.3 Å². The SMILES string of the molecule is CCCCC/C=C\C/C=C\CCCCCCCC(=O)OCC(CO[C@@H]1O[C@H](CO)[C@H](O)[C@H](O)[C@H]1O)OC(=O)CCCCCCCCCCCCCCC. The van der Waals surface area contributed by atoms with Crippen molar-refractivity contribution in [3.8, 4) is 0 Å². The summed E-state index contributed by atoms with van der Waals surface area (Å²) in [7, 11) is 0. The minimum absolute atomic E-state index is 0.221. The largest absolute Gasteiger partial charge is 0.462 e. The van der Waals surface area contributed by atoms with E-state index in [1.54, 1.807) is 0 Å². The summed E-state index contributed by atoms with van der Waals surface area (Å²) in [6.07, 6.45) is 28.9. The molecule has 10 nitrogen and oxygen atoms in total. The summed E-state index contributed by atoms with van der Waals surface area (Å²) in [5.41, 5.74) is 0. The van der Waals surface area contributed by atoms with Gasteiger partial charge in [-0.2, -0.15) is 0 Å². The Balaban J connectivity index is 2.36. The molecule has 310 valence electrons. The molecule has 1 unspecified atom stereocenters. The summed E-state index contributed by atoms with van der Waals surface area (Å²) in [6.45, 7) is 3.38. The van der Waals surface area contributed by atoms with Crippen LogP contribution in [0.1, 0.15) is 181 Å². The van der Waals surface area contributed by atoms with Crippen molar-refractivity contribution in [2.24, 2.45) is 0 Å². The van der Waals surface area contributed by atoms with Crippen LogP contribution in [0.5, 0.6) is 0 Å². The lowest BCUT2D eigenvalue weighted by molar-refractivity contribution is -0.305. The molecule has 1 saturated heterocycles. The number of ether oxygens (including phenoxy) is 4. The highest BCUT2D eigenvalue weighted by Gasteiger charge is 2.44. The Morgan fingerprint density at radius 3 is 1.60 bits per heavy atom. The molecule has 0 amide bonds. The summed E-state index contributed by atoms with van der Waals surface area (Å²) < 4.78 is 22.1. The van der Waals surface area contributed by atoms with Crippen LogP contribution in [0.2, 0.25) is 0 Å². The number of hydrogen-bond donors (Lipinski definition) is 4. The lowest BCUT2D eigenvalue weighted by Gasteiger charge is -2.39. The minimum Gasteiger partial charge on any atom is -0.462 e. The van der Waals surface area contributed by atoms with Crippen molar-refractivity contribution in [1.82, 2.24) is 0 Å².